The summed E-state index contributed by atoms with van der Waals surface area (Å²) in [6.45, 7) is 1.35. The van der Waals surface area contributed by atoms with Gasteiger partial charge in [0.05, 0.1) is 22.5 Å². The summed E-state index contributed by atoms with van der Waals surface area (Å²) < 4.78 is 27.8. The van der Waals surface area contributed by atoms with Crippen molar-refractivity contribution in [3.8, 4) is 0 Å². The fourth-order valence-electron chi connectivity index (χ4n) is 3.51. The standard InChI is InChI=1S/C20H22N4O4S2/c25-19-18(20(26)24-10-3-1-2-4-11-24)29-17-8-7-15(12-16(17)22-19)30(27,28)23-14-6-5-9-21-13-14/h5-9,12-13,18,23H,1-4,10-11H2,(H,22,25). The Morgan fingerprint density at radius 1 is 1.17 bits per heavy atom. The zero-order valence-electron chi connectivity index (χ0n) is 16.2. The third-order valence-corrected chi connectivity index (χ3v) is 7.70. The molecule has 1 fully saturated rings. The lowest BCUT2D eigenvalue weighted by atomic mass is 10.2. The van der Waals surface area contributed by atoms with Gasteiger partial charge in [0.25, 0.3) is 10.0 Å². The molecule has 1 unspecified atom stereocenters. The van der Waals surface area contributed by atoms with Crippen molar-refractivity contribution >= 4 is 45.0 Å². The van der Waals surface area contributed by atoms with E-state index in [0.29, 0.717) is 29.4 Å². The molecule has 2 N–H and O–H groups in total. The van der Waals surface area contributed by atoms with Gasteiger partial charge in [0.1, 0.15) is 0 Å². The van der Waals surface area contributed by atoms with Gasteiger partial charge in [-0.15, -0.1) is 11.8 Å². The molecule has 8 nitrogen and oxygen atoms in total. The van der Waals surface area contributed by atoms with Crippen molar-refractivity contribution in [2.24, 2.45) is 0 Å². The molecule has 158 valence electrons. The minimum atomic E-state index is -3.84. The van der Waals surface area contributed by atoms with Crippen molar-refractivity contribution < 1.29 is 18.0 Å². The highest BCUT2D eigenvalue weighted by molar-refractivity contribution is 8.01. The minimum Gasteiger partial charge on any atom is -0.341 e. The highest BCUT2D eigenvalue weighted by Crippen LogP contribution is 2.38. The molecule has 0 saturated carbocycles. The number of fused-ring (bicyclic) bond motifs is 1. The van der Waals surface area contributed by atoms with E-state index in [1.807, 2.05) is 0 Å². The Morgan fingerprint density at radius 2 is 1.93 bits per heavy atom. The van der Waals surface area contributed by atoms with Crippen LogP contribution in [-0.4, -0.2) is 48.5 Å². The highest BCUT2D eigenvalue weighted by Gasteiger charge is 2.36. The van der Waals surface area contributed by atoms with E-state index in [2.05, 4.69) is 15.0 Å². The molecule has 2 aliphatic heterocycles. The number of carbonyl (C=O) groups is 2. The molecular formula is C20H22N4O4S2. The Bertz CT molecular complexity index is 1050. The van der Waals surface area contributed by atoms with Crippen molar-refractivity contribution in [2.75, 3.05) is 23.1 Å². The number of rotatable bonds is 4. The number of aromatic nitrogens is 1. The average molecular weight is 447 g/mol. The van der Waals surface area contributed by atoms with Crippen LogP contribution >= 0.6 is 11.8 Å². The van der Waals surface area contributed by atoms with E-state index < -0.39 is 21.2 Å². The van der Waals surface area contributed by atoms with Crippen LogP contribution in [-0.2, 0) is 19.6 Å². The quantitative estimate of drug-likeness (QED) is 0.699. The van der Waals surface area contributed by atoms with Crippen molar-refractivity contribution in [1.29, 1.82) is 0 Å². The molecule has 1 aromatic carbocycles. The van der Waals surface area contributed by atoms with Crippen molar-refractivity contribution in [3.63, 3.8) is 0 Å². The molecule has 2 aromatic rings. The summed E-state index contributed by atoms with van der Waals surface area (Å²) in [7, 11) is -3.84. The highest BCUT2D eigenvalue weighted by atomic mass is 32.2. The fourth-order valence-corrected chi connectivity index (χ4v) is 5.63. The second-order valence-electron chi connectivity index (χ2n) is 7.23. The predicted molar refractivity (Wildman–Crippen MR) is 115 cm³/mol. The van der Waals surface area contributed by atoms with Crippen LogP contribution in [0.3, 0.4) is 0 Å². The van der Waals surface area contributed by atoms with E-state index in [0.717, 1.165) is 25.7 Å². The van der Waals surface area contributed by atoms with Gasteiger partial charge in [-0.05, 0) is 43.2 Å². The number of carbonyl (C=O) groups excluding carboxylic acids is 2. The maximum Gasteiger partial charge on any atom is 0.262 e. The SMILES string of the molecule is O=C1Nc2cc(S(=O)(=O)Nc3cccnc3)ccc2SC1C(=O)N1CCCCCC1. The Morgan fingerprint density at radius 3 is 2.63 bits per heavy atom. The van der Waals surface area contributed by atoms with E-state index in [1.54, 1.807) is 29.3 Å². The molecule has 0 radical (unpaired) electrons. The Labute approximate surface area is 179 Å². The molecule has 0 spiro atoms. The molecule has 1 atom stereocenters. The lowest BCUT2D eigenvalue weighted by molar-refractivity contribution is -0.133. The van der Waals surface area contributed by atoms with Gasteiger partial charge in [-0.3, -0.25) is 19.3 Å². The van der Waals surface area contributed by atoms with E-state index >= 15 is 0 Å². The summed E-state index contributed by atoms with van der Waals surface area (Å²) in [6.07, 6.45) is 7.06. The Kier molecular flexibility index (Phi) is 5.96. The molecule has 0 bridgehead atoms. The van der Waals surface area contributed by atoms with Gasteiger partial charge in [0.15, 0.2) is 5.25 Å². The fraction of sp³-hybridized carbons (Fsp3) is 0.350. The maximum atomic E-state index is 12.9. The van der Waals surface area contributed by atoms with E-state index in [-0.39, 0.29) is 10.8 Å². The first-order chi connectivity index (χ1) is 14.4. The number of sulfonamides is 1. The summed E-state index contributed by atoms with van der Waals surface area (Å²) in [5.74, 6) is -0.600. The van der Waals surface area contributed by atoms with Gasteiger partial charge in [-0.25, -0.2) is 8.42 Å². The third-order valence-electron chi connectivity index (χ3n) is 5.06. The molecule has 0 aliphatic carbocycles. The predicted octanol–water partition coefficient (Wildman–Crippen LogP) is 2.70. The van der Waals surface area contributed by atoms with Crippen LogP contribution in [0.15, 0.2) is 52.5 Å². The van der Waals surface area contributed by atoms with Crippen LogP contribution in [0.4, 0.5) is 11.4 Å². The summed E-state index contributed by atoms with van der Waals surface area (Å²) >= 11 is 1.17. The third kappa shape index (κ3) is 4.44. The van der Waals surface area contributed by atoms with E-state index in [9.17, 15) is 18.0 Å². The number of anilines is 2. The van der Waals surface area contributed by atoms with Gasteiger partial charge in [-0.2, -0.15) is 0 Å². The van der Waals surface area contributed by atoms with Gasteiger partial charge in [-0.1, -0.05) is 12.8 Å². The molecule has 3 heterocycles. The van der Waals surface area contributed by atoms with Crippen LogP contribution in [0.2, 0.25) is 0 Å². The number of nitrogens with zero attached hydrogens (tertiary/aromatic N) is 2. The summed E-state index contributed by atoms with van der Waals surface area (Å²) in [5, 5.41) is 1.86. The van der Waals surface area contributed by atoms with Crippen LogP contribution in [0.1, 0.15) is 25.7 Å². The molecule has 2 aliphatic rings. The van der Waals surface area contributed by atoms with Crippen LogP contribution < -0.4 is 10.0 Å². The first-order valence-corrected chi connectivity index (χ1v) is 12.1. The Hall–Kier alpha value is -2.59. The molecule has 30 heavy (non-hydrogen) atoms. The molecule has 2 amide bonds. The first kappa shape index (κ1) is 20.7. The number of thioether (sulfide) groups is 1. The van der Waals surface area contributed by atoms with Gasteiger partial charge in [0.2, 0.25) is 11.8 Å². The van der Waals surface area contributed by atoms with Crippen LogP contribution in [0.5, 0.6) is 0 Å². The molecule has 10 heteroatoms. The smallest absolute Gasteiger partial charge is 0.262 e. The monoisotopic (exact) mass is 446 g/mol. The number of hydrogen-bond acceptors (Lipinski definition) is 6. The summed E-state index contributed by atoms with van der Waals surface area (Å²) in [4.78, 5) is 31.9. The Balaban J connectivity index is 1.53. The number of likely N-dealkylation sites (tertiary alicyclic amines) is 1. The maximum absolute atomic E-state index is 12.9. The van der Waals surface area contributed by atoms with Crippen LogP contribution in [0, 0.1) is 0 Å². The van der Waals surface area contributed by atoms with E-state index in [4.69, 9.17) is 0 Å². The first-order valence-electron chi connectivity index (χ1n) is 9.77. The second-order valence-corrected chi connectivity index (χ2v) is 10.1. The lowest BCUT2D eigenvalue weighted by Crippen LogP contribution is -2.45. The zero-order valence-corrected chi connectivity index (χ0v) is 17.8. The summed E-state index contributed by atoms with van der Waals surface area (Å²) in [6, 6.07) is 7.73. The van der Waals surface area contributed by atoms with Crippen molar-refractivity contribution in [1.82, 2.24) is 9.88 Å². The largest absolute Gasteiger partial charge is 0.341 e. The van der Waals surface area contributed by atoms with Gasteiger partial charge >= 0.3 is 0 Å². The van der Waals surface area contributed by atoms with E-state index in [1.165, 1.54) is 30.1 Å². The second kappa shape index (κ2) is 8.65. The van der Waals surface area contributed by atoms with Gasteiger partial charge < -0.3 is 10.2 Å². The van der Waals surface area contributed by atoms with Crippen LogP contribution in [0.25, 0.3) is 0 Å². The summed E-state index contributed by atoms with van der Waals surface area (Å²) in [5.41, 5.74) is 0.732. The van der Waals surface area contributed by atoms with Gasteiger partial charge in [0, 0.05) is 24.2 Å². The molecule has 1 saturated heterocycles. The topological polar surface area (TPSA) is 108 Å². The number of hydrogen-bond donors (Lipinski definition) is 2. The lowest BCUT2D eigenvalue weighted by Gasteiger charge is -2.28. The number of amides is 2. The average Bonchev–Trinajstić information content (AvgIpc) is 3.02. The van der Waals surface area contributed by atoms with Crippen molar-refractivity contribution in [2.45, 2.75) is 40.7 Å². The molecule has 4 rings (SSSR count). The zero-order chi connectivity index (χ0) is 21.1. The number of benzene rings is 1. The molecule has 1 aromatic heterocycles. The van der Waals surface area contributed by atoms with Crippen molar-refractivity contribution in [3.05, 3.63) is 42.7 Å². The minimum absolute atomic E-state index is 0.0169. The number of pyridine rings is 1. The normalized spacial score (nSPS) is 19.4. The number of nitrogens with one attached hydrogen (secondary N) is 2. The molecular weight excluding hydrogens is 424 g/mol.